The van der Waals surface area contributed by atoms with E-state index in [0.29, 0.717) is 35.4 Å². The Balaban J connectivity index is 1.82. The molecule has 3 rings (SSSR count). The Hall–Kier alpha value is -1.30. The van der Waals surface area contributed by atoms with Gasteiger partial charge in [0.15, 0.2) is 0 Å². The quantitative estimate of drug-likeness (QED) is 0.842. The maximum atomic E-state index is 12.9. The number of methoxy groups -OCH3 is 1. The smallest absolute Gasteiger partial charge is 0.255 e. The van der Waals surface area contributed by atoms with E-state index in [2.05, 4.69) is 19.0 Å². The summed E-state index contributed by atoms with van der Waals surface area (Å²) < 4.78 is 10.9. The lowest BCUT2D eigenvalue weighted by atomic mass is 9.81. The first kappa shape index (κ1) is 16.6. The van der Waals surface area contributed by atoms with E-state index in [9.17, 15) is 4.79 Å². The number of hydrogen-bond acceptors (Lipinski definition) is 4. The number of halogens is 1. The Morgan fingerprint density at radius 2 is 2.30 bits per heavy atom. The van der Waals surface area contributed by atoms with E-state index in [0.717, 1.165) is 19.7 Å². The zero-order valence-electron chi connectivity index (χ0n) is 13.8. The van der Waals surface area contributed by atoms with Crippen molar-refractivity contribution in [1.29, 1.82) is 0 Å². The second-order valence-corrected chi connectivity index (χ2v) is 7.25. The van der Waals surface area contributed by atoms with Crippen LogP contribution in [0.5, 0.6) is 5.75 Å². The van der Waals surface area contributed by atoms with Crippen LogP contribution in [0.3, 0.4) is 0 Å². The highest BCUT2D eigenvalue weighted by Crippen LogP contribution is 2.42. The summed E-state index contributed by atoms with van der Waals surface area (Å²) in [5.74, 6) is 1.00. The van der Waals surface area contributed by atoms with Crippen molar-refractivity contribution in [2.24, 2.45) is 11.3 Å². The van der Waals surface area contributed by atoms with Crippen LogP contribution in [0.1, 0.15) is 10.4 Å². The molecule has 126 valence electrons. The third-order valence-electron chi connectivity index (χ3n) is 4.84. The van der Waals surface area contributed by atoms with Gasteiger partial charge in [0, 0.05) is 31.0 Å². The molecule has 2 saturated heterocycles. The van der Waals surface area contributed by atoms with Crippen LogP contribution in [0.15, 0.2) is 18.2 Å². The van der Waals surface area contributed by atoms with Crippen LogP contribution in [0.4, 0.5) is 0 Å². The maximum Gasteiger partial charge on any atom is 0.255 e. The number of rotatable bonds is 4. The minimum Gasteiger partial charge on any atom is -0.497 e. The van der Waals surface area contributed by atoms with Gasteiger partial charge in [-0.2, -0.15) is 0 Å². The fraction of sp³-hybridized carbons (Fsp3) is 0.588. The topological polar surface area (TPSA) is 42.0 Å². The molecule has 1 aromatic rings. The van der Waals surface area contributed by atoms with E-state index < -0.39 is 0 Å². The third kappa shape index (κ3) is 3.05. The van der Waals surface area contributed by atoms with Gasteiger partial charge in [0.2, 0.25) is 0 Å². The first-order valence-electron chi connectivity index (χ1n) is 7.80. The molecule has 0 bridgehead atoms. The van der Waals surface area contributed by atoms with E-state index in [4.69, 9.17) is 21.1 Å². The molecule has 2 atom stereocenters. The van der Waals surface area contributed by atoms with Gasteiger partial charge in [-0.3, -0.25) is 4.79 Å². The summed E-state index contributed by atoms with van der Waals surface area (Å²) in [6, 6.07) is 5.19. The first-order chi connectivity index (χ1) is 10.9. The van der Waals surface area contributed by atoms with Crippen molar-refractivity contribution >= 4 is 17.5 Å². The van der Waals surface area contributed by atoms with Crippen molar-refractivity contribution in [2.45, 2.75) is 0 Å². The number of nitrogens with zero attached hydrogens (tertiary/aromatic N) is 2. The Kier molecular flexibility index (Phi) is 4.54. The molecule has 1 amide bonds. The minimum atomic E-state index is -0.0265. The van der Waals surface area contributed by atoms with Crippen molar-refractivity contribution in [1.82, 2.24) is 9.80 Å². The first-order valence-corrected chi connectivity index (χ1v) is 8.18. The number of carbonyl (C=O) groups is 1. The molecule has 2 aliphatic heterocycles. The normalized spacial score (nSPS) is 26.7. The molecule has 0 N–H and O–H groups in total. The van der Waals surface area contributed by atoms with Crippen LogP contribution in [-0.2, 0) is 4.74 Å². The summed E-state index contributed by atoms with van der Waals surface area (Å²) in [5.41, 5.74) is 0.539. The van der Waals surface area contributed by atoms with Gasteiger partial charge < -0.3 is 19.3 Å². The van der Waals surface area contributed by atoms with Gasteiger partial charge in [0.25, 0.3) is 5.91 Å². The molecule has 23 heavy (non-hydrogen) atoms. The molecule has 2 heterocycles. The lowest BCUT2D eigenvalue weighted by Crippen LogP contribution is -2.41. The average molecular weight is 339 g/mol. The summed E-state index contributed by atoms with van der Waals surface area (Å²) in [4.78, 5) is 17.0. The van der Waals surface area contributed by atoms with Crippen LogP contribution in [0.2, 0.25) is 5.02 Å². The summed E-state index contributed by atoms with van der Waals surface area (Å²) in [6.45, 7) is 3.80. The van der Waals surface area contributed by atoms with Crippen molar-refractivity contribution in [3.63, 3.8) is 0 Å². The largest absolute Gasteiger partial charge is 0.497 e. The second kappa shape index (κ2) is 6.30. The van der Waals surface area contributed by atoms with E-state index in [1.165, 1.54) is 0 Å². The molecule has 1 aromatic carbocycles. The van der Waals surface area contributed by atoms with Gasteiger partial charge in [0.05, 0.1) is 30.9 Å². The van der Waals surface area contributed by atoms with Gasteiger partial charge >= 0.3 is 0 Å². The molecule has 0 aromatic heterocycles. The molecular weight excluding hydrogens is 316 g/mol. The molecule has 0 radical (unpaired) electrons. The van der Waals surface area contributed by atoms with Gasteiger partial charge in [0.1, 0.15) is 5.75 Å². The number of benzene rings is 1. The van der Waals surface area contributed by atoms with E-state index >= 15 is 0 Å². The van der Waals surface area contributed by atoms with Gasteiger partial charge in [-0.1, -0.05) is 11.6 Å². The number of ether oxygens (including phenoxy) is 2. The summed E-state index contributed by atoms with van der Waals surface area (Å²) >= 11 is 6.23. The molecule has 5 nitrogen and oxygen atoms in total. The van der Waals surface area contributed by atoms with Crippen molar-refractivity contribution in [2.75, 3.05) is 54.1 Å². The van der Waals surface area contributed by atoms with Crippen LogP contribution >= 0.6 is 11.6 Å². The Morgan fingerprint density at radius 3 is 3.00 bits per heavy atom. The Labute approximate surface area is 142 Å². The Bertz CT molecular complexity index is 608. The second-order valence-electron chi connectivity index (χ2n) is 6.84. The lowest BCUT2D eigenvalue weighted by Gasteiger charge is -2.30. The van der Waals surface area contributed by atoms with Crippen LogP contribution < -0.4 is 4.74 Å². The number of fused-ring (bicyclic) bond motifs is 1. The molecule has 2 aliphatic rings. The van der Waals surface area contributed by atoms with Crippen molar-refractivity contribution < 1.29 is 14.3 Å². The fourth-order valence-corrected chi connectivity index (χ4v) is 4.00. The highest BCUT2D eigenvalue weighted by molar-refractivity contribution is 6.33. The SMILES string of the molecule is COc1ccc(Cl)c(C(=O)N2C[C@H]3COC[C@@]3(CN(C)C)C2)c1. The van der Waals surface area contributed by atoms with E-state index in [1.807, 2.05) is 4.90 Å². The molecule has 0 aliphatic carbocycles. The van der Waals surface area contributed by atoms with Gasteiger partial charge in [-0.25, -0.2) is 0 Å². The average Bonchev–Trinajstić information content (AvgIpc) is 3.02. The maximum absolute atomic E-state index is 12.9. The summed E-state index contributed by atoms with van der Waals surface area (Å²) in [7, 11) is 5.71. The molecular formula is C17H23ClN2O3. The van der Waals surface area contributed by atoms with E-state index in [1.54, 1.807) is 25.3 Å². The van der Waals surface area contributed by atoms with E-state index in [-0.39, 0.29) is 11.3 Å². The monoisotopic (exact) mass is 338 g/mol. The van der Waals surface area contributed by atoms with Crippen molar-refractivity contribution in [3.8, 4) is 5.75 Å². The third-order valence-corrected chi connectivity index (χ3v) is 5.17. The zero-order valence-corrected chi connectivity index (χ0v) is 14.6. The molecule has 0 saturated carbocycles. The molecule has 2 fully saturated rings. The molecule has 0 spiro atoms. The highest BCUT2D eigenvalue weighted by Gasteiger charge is 2.52. The zero-order chi connectivity index (χ0) is 16.6. The molecule has 0 unspecified atom stereocenters. The van der Waals surface area contributed by atoms with Crippen LogP contribution in [0, 0.1) is 11.3 Å². The predicted octanol–water partition coefficient (Wildman–Crippen LogP) is 2.00. The number of amides is 1. The lowest BCUT2D eigenvalue weighted by molar-refractivity contribution is 0.0697. The highest BCUT2D eigenvalue weighted by atomic mass is 35.5. The Morgan fingerprint density at radius 1 is 1.52 bits per heavy atom. The summed E-state index contributed by atoms with van der Waals surface area (Å²) in [5, 5.41) is 0.464. The van der Waals surface area contributed by atoms with Crippen LogP contribution in [-0.4, -0.2) is 69.8 Å². The van der Waals surface area contributed by atoms with Gasteiger partial charge in [-0.05, 0) is 32.3 Å². The fourth-order valence-electron chi connectivity index (χ4n) is 3.81. The predicted molar refractivity (Wildman–Crippen MR) is 89.2 cm³/mol. The number of carbonyl (C=O) groups excluding carboxylic acids is 1. The van der Waals surface area contributed by atoms with Crippen LogP contribution in [0.25, 0.3) is 0 Å². The van der Waals surface area contributed by atoms with Crippen molar-refractivity contribution in [3.05, 3.63) is 28.8 Å². The minimum absolute atomic E-state index is 0.0265. The number of likely N-dealkylation sites (tertiary alicyclic amines) is 1. The standard InChI is InChI=1S/C17H23ClN2O3/c1-19(2)9-17-10-20(7-12(17)8-23-11-17)16(21)14-6-13(22-3)4-5-15(14)18/h4-6,12H,7-11H2,1-3H3/t12-,17+/m0/s1. The summed E-state index contributed by atoms with van der Waals surface area (Å²) in [6.07, 6.45) is 0. The number of hydrogen-bond donors (Lipinski definition) is 0. The van der Waals surface area contributed by atoms with Gasteiger partial charge in [-0.15, -0.1) is 0 Å². The molecule has 6 heteroatoms.